The van der Waals surface area contributed by atoms with E-state index in [9.17, 15) is 5.11 Å². The lowest BCUT2D eigenvalue weighted by molar-refractivity contribution is -0.103. The summed E-state index contributed by atoms with van der Waals surface area (Å²) in [4.78, 5) is 0. The molecule has 0 aromatic carbocycles. The van der Waals surface area contributed by atoms with E-state index in [0.29, 0.717) is 13.0 Å². The molecular weight excluding hydrogens is 204 g/mol. The molecule has 2 unspecified atom stereocenters. The van der Waals surface area contributed by atoms with Crippen molar-refractivity contribution in [2.24, 2.45) is 7.05 Å². The van der Waals surface area contributed by atoms with Crippen LogP contribution in [-0.4, -0.2) is 33.2 Å². The number of ether oxygens (including phenoxy) is 1. The number of nitrogens with zero attached hydrogens (tertiary/aromatic N) is 2. The minimum absolute atomic E-state index is 0.204. The van der Waals surface area contributed by atoms with E-state index in [2.05, 4.69) is 12.0 Å². The van der Waals surface area contributed by atoms with Gasteiger partial charge in [0.2, 0.25) is 0 Å². The molecule has 0 radical (unpaired) electrons. The lowest BCUT2D eigenvalue weighted by atomic mass is 9.85. The van der Waals surface area contributed by atoms with Crippen LogP contribution in [0.2, 0.25) is 0 Å². The first-order valence-corrected chi connectivity index (χ1v) is 5.93. The molecule has 0 saturated carbocycles. The maximum atomic E-state index is 10.5. The molecule has 2 heterocycles. The van der Waals surface area contributed by atoms with Crippen molar-refractivity contribution < 1.29 is 9.84 Å². The highest BCUT2D eigenvalue weighted by Crippen LogP contribution is 2.29. The molecule has 2 rings (SSSR count). The van der Waals surface area contributed by atoms with Gasteiger partial charge in [0, 0.05) is 32.7 Å². The van der Waals surface area contributed by atoms with Gasteiger partial charge in [-0.1, -0.05) is 6.92 Å². The Bertz CT molecular complexity index is 351. The van der Waals surface area contributed by atoms with E-state index in [1.165, 1.54) is 0 Å². The maximum Gasteiger partial charge on any atom is 0.0735 e. The zero-order valence-corrected chi connectivity index (χ0v) is 10.0. The third kappa shape index (κ3) is 2.62. The van der Waals surface area contributed by atoms with Crippen LogP contribution in [0, 0.1) is 0 Å². The van der Waals surface area contributed by atoms with E-state index in [1.807, 2.05) is 19.4 Å². The number of rotatable bonds is 3. The molecule has 1 saturated heterocycles. The Hall–Kier alpha value is -0.870. The van der Waals surface area contributed by atoms with Crippen LogP contribution in [0.5, 0.6) is 0 Å². The summed E-state index contributed by atoms with van der Waals surface area (Å²) < 4.78 is 7.36. The lowest BCUT2D eigenvalue weighted by Crippen LogP contribution is -2.42. The maximum absolute atomic E-state index is 10.5. The van der Waals surface area contributed by atoms with Gasteiger partial charge in [0.15, 0.2) is 0 Å². The number of aromatic nitrogens is 2. The molecule has 16 heavy (non-hydrogen) atoms. The van der Waals surface area contributed by atoms with Gasteiger partial charge in [-0.3, -0.25) is 4.68 Å². The molecule has 1 aliphatic heterocycles. The average molecular weight is 224 g/mol. The highest BCUT2D eigenvalue weighted by atomic mass is 16.5. The van der Waals surface area contributed by atoms with Crippen molar-refractivity contribution >= 4 is 0 Å². The van der Waals surface area contributed by atoms with E-state index in [0.717, 1.165) is 24.8 Å². The fourth-order valence-electron chi connectivity index (χ4n) is 2.37. The van der Waals surface area contributed by atoms with Crippen LogP contribution in [0.25, 0.3) is 0 Å². The second kappa shape index (κ2) is 4.55. The number of aliphatic hydroxyl groups is 1. The Morgan fingerprint density at radius 1 is 1.69 bits per heavy atom. The van der Waals surface area contributed by atoms with Crippen LogP contribution < -0.4 is 0 Å². The third-order valence-corrected chi connectivity index (χ3v) is 3.28. The summed E-state index contributed by atoms with van der Waals surface area (Å²) in [7, 11) is 1.90. The van der Waals surface area contributed by atoms with Crippen molar-refractivity contribution in [3.63, 3.8) is 0 Å². The molecule has 1 fully saturated rings. The standard InChI is InChI=1S/C12H20N2O2/c1-3-11-7-12(15,4-5-16-11)6-10-8-13-14(2)9-10/h8-9,11,15H,3-7H2,1-2H3. The summed E-state index contributed by atoms with van der Waals surface area (Å²) >= 11 is 0. The first-order chi connectivity index (χ1) is 7.61. The molecule has 0 bridgehead atoms. The van der Waals surface area contributed by atoms with Crippen LogP contribution in [0.1, 0.15) is 31.7 Å². The third-order valence-electron chi connectivity index (χ3n) is 3.28. The molecule has 1 aromatic heterocycles. The second-order valence-corrected chi connectivity index (χ2v) is 4.78. The highest BCUT2D eigenvalue weighted by Gasteiger charge is 2.34. The van der Waals surface area contributed by atoms with Crippen LogP contribution in [0.3, 0.4) is 0 Å². The molecule has 0 spiro atoms. The number of hydrogen-bond acceptors (Lipinski definition) is 3. The Labute approximate surface area is 96.2 Å². The van der Waals surface area contributed by atoms with Gasteiger partial charge in [-0.15, -0.1) is 0 Å². The van der Waals surface area contributed by atoms with Gasteiger partial charge in [-0.05, 0) is 18.4 Å². The van der Waals surface area contributed by atoms with E-state index in [1.54, 1.807) is 4.68 Å². The summed E-state index contributed by atoms with van der Waals surface area (Å²) in [5.74, 6) is 0. The molecule has 4 nitrogen and oxygen atoms in total. The zero-order chi connectivity index (χ0) is 11.6. The van der Waals surface area contributed by atoms with Crippen LogP contribution >= 0.6 is 0 Å². The van der Waals surface area contributed by atoms with Gasteiger partial charge in [0.1, 0.15) is 0 Å². The highest BCUT2D eigenvalue weighted by molar-refractivity contribution is 5.09. The minimum Gasteiger partial charge on any atom is -0.389 e. The minimum atomic E-state index is -0.609. The second-order valence-electron chi connectivity index (χ2n) is 4.78. The van der Waals surface area contributed by atoms with Gasteiger partial charge in [0.05, 0.1) is 17.9 Å². The molecule has 0 amide bonds. The van der Waals surface area contributed by atoms with Crippen molar-refractivity contribution in [1.29, 1.82) is 0 Å². The predicted octanol–water partition coefficient (Wildman–Crippen LogP) is 1.28. The summed E-state index contributed by atoms with van der Waals surface area (Å²) in [6.07, 6.45) is 7.10. The summed E-state index contributed by atoms with van der Waals surface area (Å²) in [6, 6.07) is 0. The quantitative estimate of drug-likeness (QED) is 0.841. The van der Waals surface area contributed by atoms with Gasteiger partial charge in [-0.2, -0.15) is 5.10 Å². The Morgan fingerprint density at radius 3 is 3.12 bits per heavy atom. The average Bonchev–Trinajstić information content (AvgIpc) is 2.63. The first kappa shape index (κ1) is 11.6. The molecule has 4 heteroatoms. The van der Waals surface area contributed by atoms with Crippen molar-refractivity contribution in [2.75, 3.05) is 6.61 Å². The van der Waals surface area contributed by atoms with Gasteiger partial charge >= 0.3 is 0 Å². The van der Waals surface area contributed by atoms with Gasteiger partial charge in [-0.25, -0.2) is 0 Å². The molecule has 2 atom stereocenters. The predicted molar refractivity (Wildman–Crippen MR) is 61.1 cm³/mol. The Balaban J connectivity index is 2.01. The summed E-state index contributed by atoms with van der Waals surface area (Å²) in [5.41, 5.74) is 0.490. The van der Waals surface area contributed by atoms with Crippen molar-refractivity contribution in [3.8, 4) is 0 Å². The van der Waals surface area contributed by atoms with Crippen LogP contribution in [-0.2, 0) is 18.2 Å². The van der Waals surface area contributed by atoms with Crippen molar-refractivity contribution in [3.05, 3.63) is 18.0 Å². The van der Waals surface area contributed by atoms with Crippen LogP contribution in [0.15, 0.2) is 12.4 Å². The smallest absolute Gasteiger partial charge is 0.0735 e. The fourth-order valence-corrected chi connectivity index (χ4v) is 2.37. The Kier molecular flexibility index (Phi) is 3.30. The van der Waals surface area contributed by atoms with E-state index in [-0.39, 0.29) is 6.10 Å². The van der Waals surface area contributed by atoms with Gasteiger partial charge in [0.25, 0.3) is 0 Å². The van der Waals surface area contributed by atoms with E-state index >= 15 is 0 Å². The normalized spacial score (nSPS) is 30.6. The van der Waals surface area contributed by atoms with Crippen molar-refractivity contribution in [1.82, 2.24) is 9.78 Å². The van der Waals surface area contributed by atoms with Gasteiger partial charge < -0.3 is 9.84 Å². The van der Waals surface area contributed by atoms with E-state index in [4.69, 9.17) is 4.74 Å². The molecule has 1 aromatic rings. The van der Waals surface area contributed by atoms with E-state index < -0.39 is 5.60 Å². The molecule has 1 N–H and O–H groups in total. The van der Waals surface area contributed by atoms with Crippen molar-refractivity contribution in [2.45, 2.75) is 44.3 Å². The number of hydrogen-bond donors (Lipinski definition) is 1. The monoisotopic (exact) mass is 224 g/mol. The Morgan fingerprint density at radius 2 is 2.50 bits per heavy atom. The largest absolute Gasteiger partial charge is 0.389 e. The molecule has 90 valence electrons. The zero-order valence-electron chi connectivity index (χ0n) is 10.0. The fraction of sp³-hybridized carbons (Fsp3) is 0.750. The first-order valence-electron chi connectivity index (χ1n) is 5.93. The molecule has 1 aliphatic rings. The summed E-state index contributed by atoms with van der Waals surface area (Å²) in [5, 5.41) is 14.6. The molecule has 0 aliphatic carbocycles. The SMILES string of the molecule is CCC1CC(O)(Cc2cnn(C)c2)CCO1. The lowest BCUT2D eigenvalue weighted by Gasteiger charge is -2.36. The number of aryl methyl sites for hydroxylation is 1. The topological polar surface area (TPSA) is 47.3 Å². The molecular formula is C12H20N2O2. The summed E-state index contributed by atoms with van der Waals surface area (Å²) in [6.45, 7) is 2.76. The van der Waals surface area contributed by atoms with Crippen LogP contribution in [0.4, 0.5) is 0 Å².